The minimum absolute atomic E-state index is 0.136. The summed E-state index contributed by atoms with van der Waals surface area (Å²) in [5.41, 5.74) is 4.98. The molecule has 0 spiro atoms. The molecule has 2 heterocycles. The Labute approximate surface area is 178 Å². The van der Waals surface area contributed by atoms with E-state index in [4.69, 9.17) is 0 Å². The van der Waals surface area contributed by atoms with Crippen molar-refractivity contribution in [3.05, 3.63) is 105 Å². The smallest absolute Gasteiger partial charge is 0.235 e. The fourth-order valence-electron chi connectivity index (χ4n) is 4.93. The van der Waals surface area contributed by atoms with Gasteiger partial charge in [-0.2, -0.15) is 0 Å². The molecular formula is C27H20N2O2. The van der Waals surface area contributed by atoms with Gasteiger partial charge in [-0.15, -0.1) is 0 Å². The maximum Gasteiger partial charge on any atom is 0.235 e. The number of H-pyrrole nitrogens is 1. The molecule has 150 valence electrons. The average Bonchev–Trinajstić information content (AvgIpc) is 3.35. The van der Waals surface area contributed by atoms with Gasteiger partial charge in [0, 0.05) is 68.9 Å². The van der Waals surface area contributed by atoms with Crippen LogP contribution in [0.25, 0.3) is 44.1 Å². The van der Waals surface area contributed by atoms with Crippen LogP contribution < -0.4 is 10.9 Å². The zero-order chi connectivity index (χ0) is 21.1. The van der Waals surface area contributed by atoms with Crippen LogP contribution in [0.1, 0.15) is 18.0 Å². The SMILES string of the molecule is Cn1cc(-c2c(-c3c(C4C=CC=CC4)[nH]c4ccccc34)c(=O)c2=O)c2ccccc21. The minimum atomic E-state index is -0.401. The normalized spacial score (nSPS) is 16.1. The number of para-hydroxylation sites is 2. The van der Waals surface area contributed by atoms with Gasteiger partial charge in [0.2, 0.25) is 10.9 Å². The molecule has 0 saturated carbocycles. The maximum atomic E-state index is 13.0. The van der Waals surface area contributed by atoms with E-state index in [-0.39, 0.29) is 5.92 Å². The van der Waals surface area contributed by atoms with E-state index < -0.39 is 10.9 Å². The van der Waals surface area contributed by atoms with Crippen LogP contribution in [0.5, 0.6) is 0 Å². The molecule has 1 unspecified atom stereocenters. The summed E-state index contributed by atoms with van der Waals surface area (Å²) >= 11 is 0. The van der Waals surface area contributed by atoms with Crippen LogP contribution in [-0.2, 0) is 7.05 Å². The largest absolute Gasteiger partial charge is 0.357 e. The first kappa shape index (κ1) is 17.9. The highest BCUT2D eigenvalue weighted by molar-refractivity contribution is 6.07. The molecule has 1 aliphatic carbocycles. The Kier molecular flexibility index (Phi) is 3.78. The molecule has 0 fully saturated rings. The predicted molar refractivity (Wildman–Crippen MR) is 126 cm³/mol. The predicted octanol–water partition coefficient (Wildman–Crippen LogP) is 5.19. The van der Waals surface area contributed by atoms with Crippen LogP contribution in [0.15, 0.2) is 88.6 Å². The highest BCUT2D eigenvalue weighted by Crippen LogP contribution is 2.42. The van der Waals surface area contributed by atoms with Crippen molar-refractivity contribution < 1.29 is 0 Å². The van der Waals surface area contributed by atoms with Crippen molar-refractivity contribution in [2.24, 2.45) is 7.05 Å². The van der Waals surface area contributed by atoms with Gasteiger partial charge in [0.15, 0.2) is 0 Å². The Morgan fingerprint density at radius 3 is 2.42 bits per heavy atom. The molecule has 5 aromatic rings. The fraction of sp³-hybridized carbons (Fsp3) is 0.111. The standard InChI is InChI=1S/C27H20N2O2/c1-29-15-19(17-11-6-8-14-21(17)29)23-24(27(31)26(23)30)22-18-12-5-7-13-20(18)28-25(22)16-9-3-2-4-10-16/h2-9,11-16,28H,10H2,1H3. The molecule has 31 heavy (non-hydrogen) atoms. The van der Waals surface area contributed by atoms with Crippen LogP contribution in [-0.4, -0.2) is 9.55 Å². The van der Waals surface area contributed by atoms with Gasteiger partial charge in [-0.3, -0.25) is 9.59 Å². The molecule has 4 heteroatoms. The third kappa shape index (κ3) is 2.48. The van der Waals surface area contributed by atoms with Crippen LogP contribution in [0.3, 0.4) is 0 Å². The molecule has 3 aromatic carbocycles. The van der Waals surface area contributed by atoms with E-state index in [1.807, 2.05) is 78.5 Å². The van der Waals surface area contributed by atoms with E-state index in [1.165, 1.54) is 0 Å². The van der Waals surface area contributed by atoms with Crippen LogP contribution in [0, 0.1) is 0 Å². The molecule has 1 aliphatic rings. The number of hydrogen-bond acceptors (Lipinski definition) is 2. The number of aromatic nitrogens is 2. The second-order valence-electron chi connectivity index (χ2n) is 8.19. The first-order chi connectivity index (χ1) is 15.1. The number of allylic oxidation sites excluding steroid dienone is 4. The molecule has 0 radical (unpaired) electrons. The Bertz CT molecular complexity index is 1620. The molecule has 2 aromatic heterocycles. The van der Waals surface area contributed by atoms with E-state index in [2.05, 4.69) is 17.1 Å². The Hall–Kier alpha value is -3.92. The van der Waals surface area contributed by atoms with Gasteiger partial charge in [0.05, 0.1) is 0 Å². The van der Waals surface area contributed by atoms with Gasteiger partial charge >= 0.3 is 0 Å². The Morgan fingerprint density at radius 1 is 0.871 bits per heavy atom. The average molecular weight is 404 g/mol. The number of aromatic amines is 1. The van der Waals surface area contributed by atoms with E-state index >= 15 is 0 Å². The summed E-state index contributed by atoms with van der Waals surface area (Å²) in [6.45, 7) is 0. The lowest BCUT2D eigenvalue weighted by Gasteiger charge is -2.17. The van der Waals surface area contributed by atoms with Crippen LogP contribution >= 0.6 is 0 Å². The van der Waals surface area contributed by atoms with Crippen molar-refractivity contribution in [1.29, 1.82) is 0 Å². The zero-order valence-corrected chi connectivity index (χ0v) is 17.1. The third-order valence-electron chi connectivity index (χ3n) is 6.41. The quantitative estimate of drug-likeness (QED) is 0.421. The molecule has 0 amide bonds. The summed E-state index contributed by atoms with van der Waals surface area (Å²) < 4.78 is 2.01. The molecule has 0 saturated heterocycles. The number of aryl methyl sites for hydroxylation is 1. The highest BCUT2D eigenvalue weighted by Gasteiger charge is 2.31. The summed E-state index contributed by atoms with van der Waals surface area (Å²) in [6.07, 6.45) is 11.2. The second-order valence-corrected chi connectivity index (χ2v) is 8.19. The van der Waals surface area contributed by atoms with Crippen molar-refractivity contribution in [1.82, 2.24) is 9.55 Å². The Balaban J connectivity index is 1.67. The zero-order valence-electron chi connectivity index (χ0n) is 17.1. The number of nitrogens with one attached hydrogen (secondary N) is 1. The number of rotatable bonds is 3. The lowest BCUT2D eigenvalue weighted by atomic mass is 9.84. The number of benzene rings is 2. The molecule has 0 bridgehead atoms. The highest BCUT2D eigenvalue weighted by atomic mass is 16.2. The molecule has 0 aliphatic heterocycles. The number of nitrogens with zero attached hydrogens (tertiary/aromatic N) is 1. The van der Waals surface area contributed by atoms with Gasteiger partial charge in [0.25, 0.3) is 0 Å². The second kappa shape index (κ2) is 6.54. The van der Waals surface area contributed by atoms with E-state index in [9.17, 15) is 9.59 Å². The molecular weight excluding hydrogens is 384 g/mol. The first-order valence-electron chi connectivity index (χ1n) is 10.5. The summed E-state index contributed by atoms with van der Waals surface area (Å²) in [7, 11) is 1.97. The van der Waals surface area contributed by atoms with E-state index in [0.717, 1.165) is 45.0 Å². The van der Waals surface area contributed by atoms with Gasteiger partial charge in [0.1, 0.15) is 0 Å². The number of fused-ring (bicyclic) bond motifs is 2. The first-order valence-corrected chi connectivity index (χ1v) is 10.5. The summed E-state index contributed by atoms with van der Waals surface area (Å²) in [4.78, 5) is 29.4. The molecule has 4 nitrogen and oxygen atoms in total. The van der Waals surface area contributed by atoms with E-state index in [1.54, 1.807) is 0 Å². The molecule has 6 rings (SSSR count). The van der Waals surface area contributed by atoms with Crippen molar-refractivity contribution in [2.75, 3.05) is 0 Å². The fourth-order valence-corrected chi connectivity index (χ4v) is 4.93. The molecule has 1 atom stereocenters. The lowest BCUT2D eigenvalue weighted by Crippen LogP contribution is -2.35. The summed E-state index contributed by atoms with van der Waals surface area (Å²) in [5, 5.41) is 1.97. The summed E-state index contributed by atoms with van der Waals surface area (Å²) in [5.74, 6) is 0.136. The monoisotopic (exact) mass is 404 g/mol. The van der Waals surface area contributed by atoms with Crippen LogP contribution in [0.4, 0.5) is 0 Å². The van der Waals surface area contributed by atoms with Gasteiger partial charge in [-0.05, 0) is 18.6 Å². The van der Waals surface area contributed by atoms with Crippen molar-refractivity contribution in [3.63, 3.8) is 0 Å². The van der Waals surface area contributed by atoms with Crippen molar-refractivity contribution in [2.45, 2.75) is 12.3 Å². The van der Waals surface area contributed by atoms with Crippen molar-refractivity contribution >= 4 is 21.8 Å². The summed E-state index contributed by atoms with van der Waals surface area (Å²) in [6, 6.07) is 16.0. The minimum Gasteiger partial charge on any atom is -0.357 e. The topological polar surface area (TPSA) is 54.9 Å². The van der Waals surface area contributed by atoms with Gasteiger partial charge < -0.3 is 9.55 Å². The molecule has 1 N–H and O–H groups in total. The lowest BCUT2D eigenvalue weighted by molar-refractivity contribution is 0.829. The maximum absolute atomic E-state index is 13.0. The number of hydrogen-bond donors (Lipinski definition) is 1. The van der Waals surface area contributed by atoms with E-state index in [0.29, 0.717) is 11.1 Å². The Morgan fingerprint density at radius 2 is 1.61 bits per heavy atom. The van der Waals surface area contributed by atoms with Gasteiger partial charge in [-0.25, -0.2) is 0 Å². The van der Waals surface area contributed by atoms with Gasteiger partial charge in [-0.1, -0.05) is 60.7 Å². The van der Waals surface area contributed by atoms with Crippen LogP contribution in [0.2, 0.25) is 0 Å². The third-order valence-corrected chi connectivity index (χ3v) is 6.41. The van der Waals surface area contributed by atoms with Crippen molar-refractivity contribution in [3.8, 4) is 22.3 Å².